The zero-order chi connectivity index (χ0) is 14.0. The predicted molar refractivity (Wildman–Crippen MR) is 85.8 cm³/mol. The van der Waals surface area contributed by atoms with E-state index in [-0.39, 0.29) is 24.4 Å². The van der Waals surface area contributed by atoms with Gasteiger partial charge in [-0.05, 0) is 49.6 Å². The number of halogens is 3. The van der Waals surface area contributed by atoms with E-state index in [1.165, 1.54) is 0 Å². The van der Waals surface area contributed by atoms with Crippen LogP contribution in [0.2, 0.25) is 10.0 Å². The van der Waals surface area contributed by atoms with Crippen LogP contribution >= 0.6 is 35.6 Å². The van der Waals surface area contributed by atoms with Crippen molar-refractivity contribution < 1.29 is 4.79 Å². The predicted octanol–water partition coefficient (Wildman–Crippen LogP) is 3.15. The van der Waals surface area contributed by atoms with E-state index in [9.17, 15) is 4.79 Å². The van der Waals surface area contributed by atoms with Crippen molar-refractivity contribution in [2.45, 2.75) is 25.8 Å². The van der Waals surface area contributed by atoms with E-state index in [4.69, 9.17) is 28.9 Å². The van der Waals surface area contributed by atoms with Gasteiger partial charge in [0.05, 0.1) is 6.42 Å². The van der Waals surface area contributed by atoms with E-state index in [0.29, 0.717) is 28.9 Å². The Morgan fingerprint density at radius 1 is 1.45 bits per heavy atom. The largest absolute Gasteiger partial charge is 0.339 e. The molecule has 1 fully saturated rings. The minimum Gasteiger partial charge on any atom is -0.339 e. The summed E-state index contributed by atoms with van der Waals surface area (Å²) in [7, 11) is 0. The molecule has 6 heteroatoms. The Morgan fingerprint density at radius 2 is 2.15 bits per heavy atom. The molecule has 0 bridgehead atoms. The van der Waals surface area contributed by atoms with E-state index in [2.05, 4.69) is 6.92 Å². The first-order chi connectivity index (χ1) is 9.01. The SMILES string of the molecule is CC1CC(CN)CN1C(=O)Cc1cc(Cl)ccc1Cl.Cl. The Kier molecular flexibility index (Phi) is 6.59. The number of hydrogen-bond donors (Lipinski definition) is 1. The smallest absolute Gasteiger partial charge is 0.227 e. The maximum Gasteiger partial charge on any atom is 0.227 e. The van der Waals surface area contributed by atoms with Gasteiger partial charge in [0.2, 0.25) is 5.91 Å². The van der Waals surface area contributed by atoms with E-state index in [1.807, 2.05) is 4.90 Å². The van der Waals surface area contributed by atoms with Crippen LogP contribution in [-0.4, -0.2) is 29.9 Å². The van der Waals surface area contributed by atoms with Gasteiger partial charge in [-0.1, -0.05) is 23.2 Å². The molecule has 0 spiro atoms. The molecular formula is C14H19Cl3N2O. The summed E-state index contributed by atoms with van der Waals surface area (Å²) in [6.07, 6.45) is 1.27. The van der Waals surface area contributed by atoms with Gasteiger partial charge in [0.1, 0.15) is 0 Å². The molecule has 3 nitrogen and oxygen atoms in total. The molecule has 2 N–H and O–H groups in total. The lowest BCUT2D eigenvalue weighted by atomic mass is 10.1. The Morgan fingerprint density at radius 3 is 2.75 bits per heavy atom. The van der Waals surface area contributed by atoms with Crippen molar-refractivity contribution in [3.05, 3.63) is 33.8 Å². The lowest BCUT2D eigenvalue weighted by Crippen LogP contribution is -2.35. The van der Waals surface area contributed by atoms with Crippen LogP contribution in [0.5, 0.6) is 0 Å². The minimum atomic E-state index is 0. The zero-order valence-corrected chi connectivity index (χ0v) is 13.6. The molecule has 20 heavy (non-hydrogen) atoms. The normalized spacial score (nSPS) is 21.7. The van der Waals surface area contributed by atoms with E-state index in [0.717, 1.165) is 18.5 Å². The number of carbonyl (C=O) groups excluding carboxylic acids is 1. The Balaban J connectivity index is 0.00000200. The second-order valence-corrected chi connectivity index (χ2v) is 5.99. The molecule has 0 saturated carbocycles. The summed E-state index contributed by atoms with van der Waals surface area (Å²) in [5.74, 6) is 0.501. The van der Waals surface area contributed by atoms with E-state index >= 15 is 0 Å². The maximum absolute atomic E-state index is 12.3. The van der Waals surface area contributed by atoms with E-state index < -0.39 is 0 Å². The van der Waals surface area contributed by atoms with Crippen LogP contribution in [0, 0.1) is 5.92 Å². The highest BCUT2D eigenvalue weighted by Gasteiger charge is 2.31. The Hall–Kier alpha value is -0.480. The van der Waals surface area contributed by atoms with Crippen molar-refractivity contribution in [1.29, 1.82) is 0 Å². The first kappa shape index (κ1) is 17.6. The average Bonchev–Trinajstić information content (AvgIpc) is 2.75. The fourth-order valence-corrected chi connectivity index (χ4v) is 2.98. The van der Waals surface area contributed by atoms with Gasteiger partial charge in [0.15, 0.2) is 0 Å². The molecule has 1 aromatic rings. The summed E-state index contributed by atoms with van der Waals surface area (Å²) < 4.78 is 0. The van der Waals surface area contributed by atoms with Crippen LogP contribution in [0.3, 0.4) is 0 Å². The number of hydrogen-bond acceptors (Lipinski definition) is 2. The van der Waals surface area contributed by atoms with Crippen molar-refractivity contribution >= 4 is 41.5 Å². The molecule has 1 amide bonds. The lowest BCUT2D eigenvalue weighted by Gasteiger charge is -2.22. The van der Waals surface area contributed by atoms with Gasteiger partial charge in [0, 0.05) is 22.6 Å². The molecule has 1 aliphatic heterocycles. The van der Waals surface area contributed by atoms with Gasteiger partial charge >= 0.3 is 0 Å². The third-order valence-corrected chi connectivity index (χ3v) is 4.27. The Labute approximate surface area is 135 Å². The molecule has 1 heterocycles. The van der Waals surface area contributed by atoms with Gasteiger partial charge < -0.3 is 10.6 Å². The van der Waals surface area contributed by atoms with Gasteiger partial charge in [-0.15, -0.1) is 12.4 Å². The van der Waals surface area contributed by atoms with Crippen LogP contribution < -0.4 is 5.73 Å². The highest BCUT2D eigenvalue weighted by molar-refractivity contribution is 6.33. The summed E-state index contributed by atoms with van der Waals surface area (Å²) >= 11 is 12.0. The molecule has 1 saturated heterocycles. The number of amides is 1. The quantitative estimate of drug-likeness (QED) is 0.921. The topological polar surface area (TPSA) is 46.3 Å². The van der Waals surface area contributed by atoms with Crippen LogP contribution in [0.25, 0.3) is 0 Å². The minimum absolute atomic E-state index is 0. The first-order valence-corrected chi connectivity index (χ1v) is 7.20. The zero-order valence-electron chi connectivity index (χ0n) is 11.3. The van der Waals surface area contributed by atoms with Crippen molar-refractivity contribution in [2.75, 3.05) is 13.1 Å². The van der Waals surface area contributed by atoms with Crippen LogP contribution in [0.4, 0.5) is 0 Å². The highest BCUT2D eigenvalue weighted by Crippen LogP contribution is 2.25. The monoisotopic (exact) mass is 336 g/mol. The fraction of sp³-hybridized carbons (Fsp3) is 0.500. The molecule has 0 aliphatic carbocycles. The van der Waals surface area contributed by atoms with Crippen molar-refractivity contribution in [1.82, 2.24) is 4.90 Å². The summed E-state index contributed by atoms with van der Waals surface area (Å²) in [6.45, 7) is 3.44. The number of likely N-dealkylation sites (tertiary alicyclic amines) is 1. The maximum atomic E-state index is 12.3. The average molecular weight is 338 g/mol. The standard InChI is InChI=1S/C14H18Cl2N2O.ClH/c1-9-4-10(7-17)8-18(9)14(19)6-11-5-12(15)2-3-13(11)16;/h2-3,5,9-10H,4,6-8,17H2,1H3;1H. The van der Waals surface area contributed by atoms with Gasteiger partial charge in [-0.3, -0.25) is 4.79 Å². The lowest BCUT2D eigenvalue weighted by molar-refractivity contribution is -0.131. The summed E-state index contributed by atoms with van der Waals surface area (Å²) in [4.78, 5) is 14.2. The van der Waals surface area contributed by atoms with E-state index in [1.54, 1.807) is 18.2 Å². The van der Waals surface area contributed by atoms with Crippen LogP contribution in [0.15, 0.2) is 18.2 Å². The van der Waals surface area contributed by atoms with Crippen molar-refractivity contribution in [3.8, 4) is 0 Å². The number of rotatable bonds is 3. The summed E-state index contributed by atoms with van der Waals surface area (Å²) in [5.41, 5.74) is 6.46. The molecular weight excluding hydrogens is 319 g/mol. The number of carbonyl (C=O) groups is 1. The number of nitrogens with two attached hydrogens (primary N) is 1. The van der Waals surface area contributed by atoms with Crippen molar-refractivity contribution in [2.24, 2.45) is 11.7 Å². The van der Waals surface area contributed by atoms with Gasteiger partial charge in [0.25, 0.3) is 0 Å². The third kappa shape index (κ3) is 4.01. The molecule has 2 atom stereocenters. The van der Waals surface area contributed by atoms with Gasteiger partial charge in [-0.2, -0.15) is 0 Å². The number of nitrogens with zero attached hydrogens (tertiary/aromatic N) is 1. The van der Waals surface area contributed by atoms with Crippen LogP contribution in [0.1, 0.15) is 18.9 Å². The highest BCUT2D eigenvalue weighted by atomic mass is 35.5. The molecule has 1 aromatic carbocycles. The second kappa shape index (κ2) is 7.51. The van der Waals surface area contributed by atoms with Crippen LogP contribution in [-0.2, 0) is 11.2 Å². The Bertz CT molecular complexity index is 481. The fourth-order valence-electron chi connectivity index (χ4n) is 2.60. The van der Waals surface area contributed by atoms with Crippen molar-refractivity contribution in [3.63, 3.8) is 0 Å². The molecule has 1 aliphatic rings. The number of benzene rings is 1. The summed E-state index contributed by atoms with van der Waals surface area (Å²) in [6, 6.07) is 5.45. The molecule has 2 rings (SSSR count). The first-order valence-electron chi connectivity index (χ1n) is 6.44. The summed E-state index contributed by atoms with van der Waals surface area (Å²) in [5, 5.41) is 1.18. The third-order valence-electron chi connectivity index (χ3n) is 3.66. The molecule has 0 aromatic heterocycles. The molecule has 0 radical (unpaired) electrons. The molecule has 2 unspecified atom stereocenters. The second-order valence-electron chi connectivity index (χ2n) is 5.15. The van der Waals surface area contributed by atoms with Gasteiger partial charge in [-0.25, -0.2) is 0 Å². The molecule has 112 valence electrons.